The molecule has 0 bridgehead atoms. The van der Waals surface area contributed by atoms with E-state index < -0.39 is 58.9 Å². The fraction of sp³-hybridized carbons (Fsp3) is 0.593. The van der Waals surface area contributed by atoms with E-state index in [0.29, 0.717) is 24.0 Å². The van der Waals surface area contributed by atoms with Crippen molar-refractivity contribution in [3.05, 3.63) is 52.8 Å². The molecule has 0 aromatic carbocycles. The highest BCUT2D eigenvalue weighted by molar-refractivity contribution is 6.29. The maximum Gasteiger partial charge on any atom is 0.193 e. The molecule has 9 heteroatoms. The highest BCUT2D eigenvalue weighted by atomic mass is 35.5. The Morgan fingerprint density at radius 1 is 1.33 bits per heavy atom. The largest absolute Gasteiger partial charge is 0.390 e. The van der Waals surface area contributed by atoms with E-state index >= 15 is 4.39 Å². The zero-order valence-electron chi connectivity index (χ0n) is 20.1. The van der Waals surface area contributed by atoms with Crippen LogP contribution in [-0.2, 0) is 19.1 Å². The van der Waals surface area contributed by atoms with E-state index in [4.69, 9.17) is 21.1 Å². The van der Waals surface area contributed by atoms with E-state index in [2.05, 4.69) is 4.98 Å². The summed E-state index contributed by atoms with van der Waals surface area (Å²) in [5.41, 5.74) is -4.44. The lowest BCUT2D eigenvalue weighted by Crippen LogP contribution is -2.69. The lowest BCUT2D eigenvalue weighted by Gasteiger charge is -2.62. The monoisotopic (exact) mass is 517 g/mol. The Morgan fingerprint density at radius 2 is 2.11 bits per heavy atom. The predicted molar refractivity (Wildman–Crippen MR) is 127 cm³/mol. The number of hydrogen-bond donors (Lipinski definition) is 2. The summed E-state index contributed by atoms with van der Waals surface area (Å²) in [6.07, 6.45) is 4.14. The number of nitrogens with zero attached hydrogens (tertiary/aromatic N) is 1. The van der Waals surface area contributed by atoms with Gasteiger partial charge in [0, 0.05) is 34.9 Å². The van der Waals surface area contributed by atoms with Crippen LogP contribution in [0.15, 0.2) is 42.1 Å². The van der Waals surface area contributed by atoms with E-state index in [9.17, 15) is 19.8 Å². The van der Waals surface area contributed by atoms with Crippen molar-refractivity contribution in [2.24, 2.45) is 22.7 Å². The fourth-order valence-corrected chi connectivity index (χ4v) is 8.37. The SMILES string of the molecule is C[C@]12C=CC(=O)CC1=CC[C@H]1[C@@H]3C[C@H]4OC(c5ccnc(Cl)c5)O[C@@]4(C(=O)CO)[C@@]3(C)C[C@H](O)[C@@]12F. The molecule has 1 aliphatic heterocycles. The molecule has 1 aromatic rings. The predicted octanol–water partition coefficient (Wildman–Crippen LogP) is 3.43. The van der Waals surface area contributed by atoms with Gasteiger partial charge in [0.15, 0.2) is 29.1 Å². The smallest absolute Gasteiger partial charge is 0.193 e. The van der Waals surface area contributed by atoms with Crippen molar-refractivity contribution in [2.45, 2.75) is 69.3 Å². The first kappa shape index (κ1) is 24.4. The number of rotatable bonds is 3. The van der Waals surface area contributed by atoms with Gasteiger partial charge in [0.2, 0.25) is 0 Å². The molecule has 7 nitrogen and oxygen atoms in total. The molecule has 4 aliphatic carbocycles. The Balaban J connectivity index is 1.44. The van der Waals surface area contributed by atoms with Gasteiger partial charge in [-0.3, -0.25) is 9.59 Å². The third kappa shape index (κ3) is 2.80. The van der Waals surface area contributed by atoms with E-state index in [0.717, 1.165) is 0 Å². The van der Waals surface area contributed by atoms with Crippen LogP contribution in [0.4, 0.5) is 4.39 Å². The Morgan fingerprint density at radius 3 is 2.83 bits per heavy atom. The van der Waals surface area contributed by atoms with Crippen molar-refractivity contribution in [1.82, 2.24) is 4.98 Å². The number of carbonyl (C=O) groups is 2. The highest BCUT2D eigenvalue weighted by Crippen LogP contribution is 2.72. The molecular weight excluding hydrogens is 489 g/mol. The molecular formula is C27H29ClFNO6. The van der Waals surface area contributed by atoms with Crippen molar-refractivity contribution in [1.29, 1.82) is 0 Å². The van der Waals surface area contributed by atoms with E-state index in [1.54, 1.807) is 25.1 Å². The number of aliphatic hydroxyl groups is 2. The molecule has 1 unspecified atom stereocenters. The van der Waals surface area contributed by atoms with Gasteiger partial charge >= 0.3 is 0 Å². The Kier molecular flexibility index (Phi) is 5.26. The number of aliphatic hydroxyl groups excluding tert-OH is 2. The van der Waals surface area contributed by atoms with Crippen molar-refractivity contribution in [3.63, 3.8) is 0 Å². The molecule has 0 amide bonds. The molecule has 2 N–H and O–H groups in total. The first-order valence-electron chi connectivity index (χ1n) is 12.4. The Bertz CT molecular complexity index is 1220. The zero-order valence-corrected chi connectivity index (χ0v) is 20.9. The number of ketones is 2. The molecule has 1 aromatic heterocycles. The van der Waals surface area contributed by atoms with E-state index in [-0.39, 0.29) is 29.7 Å². The van der Waals surface area contributed by atoms with Crippen LogP contribution in [0.25, 0.3) is 0 Å². The minimum Gasteiger partial charge on any atom is -0.390 e. The number of hydrogen-bond acceptors (Lipinski definition) is 7. The zero-order chi connectivity index (χ0) is 25.7. The van der Waals surface area contributed by atoms with Crippen LogP contribution in [0.2, 0.25) is 5.15 Å². The van der Waals surface area contributed by atoms with Gasteiger partial charge in [0.25, 0.3) is 0 Å². The van der Waals surface area contributed by atoms with Gasteiger partial charge in [-0.05, 0) is 50.3 Å². The molecule has 2 heterocycles. The van der Waals surface area contributed by atoms with Gasteiger partial charge in [-0.2, -0.15) is 0 Å². The third-order valence-corrected chi connectivity index (χ3v) is 10.1. The normalized spacial score (nSPS) is 47.0. The molecule has 1 saturated heterocycles. The molecule has 36 heavy (non-hydrogen) atoms. The maximum absolute atomic E-state index is 17.3. The summed E-state index contributed by atoms with van der Waals surface area (Å²) in [5, 5.41) is 21.8. The summed E-state index contributed by atoms with van der Waals surface area (Å²) in [5.74, 6) is -1.62. The first-order valence-corrected chi connectivity index (χ1v) is 12.8. The van der Waals surface area contributed by atoms with Crippen LogP contribution < -0.4 is 0 Å². The first-order chi connectivity index (χ1) is 17.0. The van der Waals surface area contributed by atoms with Gasteiger partial charge in [0.05, 0.1) is 12.2 Å². The molecule has 3 fully saturated rings. The number of alkyl halides is 1. The molecule has 0 radical (unpaired) electrons. The third-order valence-electron chi connectivity index (χ3n) is 9.93. The van der Waals surface area contributed by atoms with Crippen molar-refractivity contribution < 1.29 is 33.7 Å². The van der Waals surface area contributed by atoms with Crippen LogP contribution >= 0.6 is 11.6 Å². The van der Waals surface area contributed by atoms with Gasteiger partial charge in [-0.15, -0.1) is 0 Å². The van der Waals surface area contributed by atoms with E-state index in [1.807, 2.05) is 13.0 Å². The summed E-state index contributed by atoms with van der Waals surface area (Å²) in [7, 11) is 0. The lowest BCUT2D eigenvalue weighted by molar-refractivity contribution is -0.227. The average Bonchev–Trinajstić information content (AvgIpc) is 3.34. The Hall–Kier alpha value is -1.97. The second-order valence-corrected chi connectivity index (χ2v) is 11.7. The number of fused-ring (bicyclic) bond motifs is 7. The second-order valence-electron chi connectivity index (χ2n) is 11.3. The molecule has 9 atom stereocenters. The van der Waals surface area contributed by atoms with Gasteiger partial charge in [-0.1, -0.05) is 36.2 Å². The summed E-state index contributed by atoms with van der Waals surface area (Å²) >= 11 is 6.06. The number of allylic oxidation sites excluding steroid dienone is 4. The van der Waals surface area contributed by atoms with Gasteiger partial charge < -0.3 is 19.7 Å². The summed E-state index contributed by atoms with van der Waals surface area (Å²) in [4.78, 5) is 29.5. The van der Waals surface area contributed by atoms with Crippen LogP contribution in [0.5, 0.6) is 0 Å². The van der Waals surface area contributed by atoms with Crippen LogP contribution in [-0.4, -0.2) is 56.8 Å². The standard InChI is InChI=1S/C27H29ClFNO6/c1-24-7-5-16(32)10-15(24)3-4-17-18-11-21-27(20(34)13-31,25(18,2)12-19(33)26(17,24)29)36-23(35-21)14-6-8-30-22(28)9-14/h3,5-9,17-19,21,23,31,33H,4,10-13H2,1-2H3/t17-,18-,19-,21+,23?,24-,25-,26-,27+/m0/s1. The van der Waals surface area contributed by atoms with Crippen LogP contribution in [0.3, 0.4) is 0 Å². The molecule has 6 rings (SSSR count). The van der Waals surface area contributed by atoms with Gasteiger partial charge in [-0.25, -0.2) is 9.37 Å². The van der Waals surface area contributed by atoms with Crippen molar-refractivity contribution in [2.75, 3.05) is 6.61 Å². The number of aromatic nitrogens is 1. The highest BCUT2D eigenvalue weighted by Gasteiger charge is 2.79. The lowest BCUT2D eigenvalue weighted by atomic mass is 9.45. The van der Waals surface area contributed by atoms with E-state index in [1.165, 1.54) is 12.3 Å². The quantitative estimate of drug-likeness (QED) is 0.467. The number of pyridine rings is 1. The summed E-state index contributed by atoms with van der Waals surface area (Å²) < 4.78 is 30.1. The second kappa shape index (κ2) is 7.77. The average molecular weight is 518 g/mol. The molecule has 5 aliphatic rings. The Labute approximate surface area is 213 Å². The van der Waals surface area contributed by atoms with Crippen molar-refractivity contribution >= 4 is 23.2 Å². The summed E-state index contributed by atoms with van der Waals surface area (Å²) in [6.45, 7) is 2.84. The number of Topliss-reactive ketones (excluding diaryl/α,β-unsaturated/α-hetero) is 1. The molecule has 192 valence electrons. The number of ether oxygens (including phenoxy) is 2. The fourth-order valence-electron chi connectivity index (χ4n) is 8.19. The van der Waals surface area contributed by atoms with Crippen LogP contribution in [0.1, 0.15) is 51.4 Å². The van der Waals surface area contributed by atoms with Crippen LogP contribution in [0, 0.1) is 22.7 Å². The number of carbonyl (C=O) groups excluding carboxylic acids is 2. The topological polar surface area (TPSA) is 106 Å². The van der Waals surface area contributed by atoms with Crippen molar-refractivity contribution in [3.8, 4) is 0 Å². The minimum atomic E-state index is -2.03. The number of halogens is 2. The summed E-state index contributed by atoms with van der Waals surface area (Å²) in [6, 6.07) is 3.28. The minimum absolute atomic E-state index is 0.0508. The maximum atomic E-state index is 17.3. The molecule has 2 saturated carbocycles. The van der Waals surface area contributed by atoms with Gasteiger partial charge in [0.1, 0.15) is 11.8 Å². The molecule has 0 spiro atoms.